The number of rotatable bonds is 2. The fraction of sp³-hybridized carbons (Fsp3) is 0.0769. The molecular weight excluding hydrogens is 203 g/mol. The van der Waals surface area contributed by atoms with E-state index in [2.05, 4.69) is 4.98 Å². The molecule has 2 aromatic rings. The third kappa shape index (κ3) is 2.06. The van der Waals surface area contributed by atoms with Crippen LogP contribution in [0.4, 0.5) is 4.39 Å². The van der Waals surface area contributed by atoms with Crippen LogP contribution in [0.15, 0.2) is 42.7 Å². The maximum Gasteiger partial charge on any atom is 0.141 e. The summed E-state index contributed by atoms with van der Waals surface area (Å²) in [4.78, 5) is 3.91. The normalized spacial score (nSPS) is 9.75. The number of pyridine rings is 1. The average molecular weight is 212 g/mol. The van der Waals surface area contributed by atoms with Crippen molar-refractivity contribution in [2.24, 2.45) is 0 Å². The summed E-state index contributed by atoms with van der Waals surface area (Å²) in [6.07, 6.45) is 3.91. The molecule has 0 bridgehead atoms. The SMILES string of the molecule is N#Cc1c(F)cccc1Cc1ccncc1. The summed E-state index contributed by atoms with van der Waals surface area (Å²) in [5, 5.41) is 8.87. The Morgan fingerprint density at radius 2 is 1.94 bits per heavy atom. The van der Waals surface area contributed by atoms with E-state index in [0.29, 0.717) is 12.0 Å². The topological polar surface area (TPSA) is 36.7 Å². The highest BCUT2D eigenvalue weighted by Gasteiger charge is 2.07. The van der Waals surface area contributed by atoms with E-state index in [1.165, 1.54) is 6.07 Å². The Morgan fingerprint density at radius 1 is 1.19 bits per heavy atom. The molecule has 78 valence electrons. The fourth-order valence-electron chi connectivity index (χ4n) is 1.56. The molecule has 0 fully saturated rings. The summed E-state index contributed by atoms with van der Waals surface area (Å²) >= 11 is 0. The van der Waals surface area contributed by atoms with E-state index in [0.717, 1.165) is 5.56 Å². The van der Waals surface area contributed by atoms with Crippen molar-refractivity contribution in [1.82, 2.24) is 4.98 Å². The summed E-state index contributed by atoms with van der Waals surface area (Å²) in [5.74, 6) is -0.464. The molecule has 0 aliphatic rings. The highest BCUT2D eigenvalue weighted by molar-refractivity contribution is 5.41. The van der Waals surface area contributed by atoms with Crippen LogP contribution in [0.25, 0.3) is 0 Å². The van der Waals surface area contributed by atoms with Gasteiger partial charge in [-0.3, -0.25) is 4.98 Å². The second-order valence-corrected chi connectivity index (χ2v) is 3.42. The zero-order valence-corrected chi connectivity index (χ0v) is 8.52. The third-order valence-electron chi connectivity index (χ3n) is 2.36. The number of aromatic nitrogens is 1. The minimum Gasteiger partial charge on any atom is -0.265 e. The van der Waals surface area contributed by atoms with Crippen LogP contribution in [0, 0.1) is 17.1 Å². The van der Waals surface area contributed by atoms with Crippen molar-refractivity contribution in [1.29, 1.82) is 5.26 Å². The predicted molar refractivity (Wildman–Crippen MR) is 58.2 cm³/mol. The van der Waals surface area contributed by atoms with Crippen molar-refractivity contribution >= 4 is 0 Å². The van der Waals surface area contributed by atoms with Crippen molar-refractivity contribution in [2.75, 3.05) is 0 Å². The van der Waals surface area contributed by atoms with Gasteiger partial charge in [0, 0.05) is 12.4 Å². The number of benzene rings is 1. The first-order valence-corrected chi connectivity index (χ1v) is 4.87. The van der Waals surface area contributed by atoms with E-state index in [1.807, 2.05) is 18.2 Å². The Balaban J connectivity index is 2.36. The Bertz CT molecular complexity index is 529. The second-order valence-electron chi connectivity index (χ2n) is 3.42. The molecule has 0 aliphatic carbocycles. The molecule has 0 atom stereocenters. The molecule has 0 spiro atoms. The van der Waals surface area contributed by atoms with Gasteiger partial charge in [0.2, 0.25) is 0 Å². The average Bonchev–Trinajstić information content (AvgIpc) is 2.31. The molecule has 2 rings (SSSR count). The van der Waals surface area contributed by atoms with E-state index in [-0.39, 0.29) is 5.56 Å². The molecule has 0 saturated heterocycles. The van der Waals surface area contributed by atoms with Gasteiger partial charge >= 0.3 is 0 Å². The molecular formula is C13H9FN2. The molecule has 1 aromatic heterocycles. The quantitative estimate of drug-likeness (QED) is 0.767. The first-order valence-electron chi connectivity index (χ1n) is 4.87. The minimum atomic E-state index is -0.464. The Hall–Kier alpha value is -2.21. The zero-order chi connectivity index (χ0) is 11.4. The predicted octanol–water partition coefficient (Wildman–Crippen LogP) is 2.68. The lowest BCUT2D eigenvalue weighted by atomic mass is 10.0. The fourth-order valence-corrected chi connectivity index (χ4v) is 1.56. The lowest BCUT2D eigenvalue weighted by Gasteiger charge is -2.04. The van der Waals surface area contributed by atoms with Gasteiger partial charge in [0.05, 0.1) is 5.56 Å². The molecule has 0 aliphatic heterocycles. The van der Waals surface area contributed by atoms with E-state index in [9.17, 15) is 4.39 Å². The van der Waals surface area contributed by atoms with E-state index < -0.39 is 5.82 Å². The molecule has 3 heteroatoms. The van der Waals surface area contributed by atoms with Gasteiger partial charge in [-0.15, -0.1) is 0 Å². The molecule has 1 heterocycles. The van der Waals surface area contributed by atoms with Crippen LogP contribution in [0.2, 0.25) is 0 Å². The number of halogens is 1. The van der Waals surface area contributed by atoms with Crippen molar-refractivity contribution in [2.45, 2.75) is 6.42 Å². The smallest absolute Gasteiger partial charge is 0.141 e. The third-order valence-corrected chi connectivity index (χ3v) is 2.36. The standard InChI is InChI=1S/C13H9FN2/c14-13-3-1-2-11(12(13)9-15)8-10-4-6-16-7-5-10/h1-7H,8H2. The van der Waals surface area contributed by atoms with Crippen LogP contribution in [-0.2, 0) is 6.42 Å². The van der Waals surface area contributed by atoms with Gasteiger partial charge in [0.25, 0.3) is 0 Å². The van der Waals surface area contributed by atoms with Crippen LogP contribution in [0.3, 0.4) is 0 Å². The molecule has 0 saturated carbocycles. The maximum absolute atomic E-state index is 13.3. The summed E-state index contributed by atoms with van der Waals surface area (Å²) in [5.41, 5.74) is 1.84. The Kier molecular flexibility index (Phi) is 2.93. The molecule has 0 unspecified atom stereocenters. The van der Waals surface area contributed by atoms with Gasteiger partial charge in [-0.05, 0) is 35.7 Å². The maximum atomic E-state index is 13.3. The van der Waals surface area contributed by atoms with Gasteiger partial charge in [-0.25, -0.2) is 4.39 Å². The Labute approximate surface area is 93.0 Å². The van der Waals surface area contributed by atoms with Crippen LogP contribution in [0.5, 0.6) is 0 Å². The zero-order valence-electron chi connectivity index (χ0n) is 8.52. The van der Waals surface area contributed by atoms with E-state index >= 15 is 0 Å². The first-order chi connectivity index (χ1) is 7.81. The summed E-state index contributed by atoms with van der Waals surface area (Å²) in [6.45, 7) is 0. The second kappa shape index (κ2) is 4.54. The number of nitriles is 1. The molecule has 1 aromatic carbocycles. The molecule has 16 heavy (non-hydrogen) atoms. The number of nitrogens with zero attached hydrogens (tertiary/aromatic N) is 2. The minimum absolute atomic E-state index is 0.124. The van der Waals surface area contributed by atoms with Gasteiger partial charge in [-0.2, -0.15) is 5.26 Å². The lowest BCUT2D eigenvalue weighted by Crippen LogP contribution is -1.95. The van der Waals surface area contributed by atoms with Crippen LogP contribution >= 0.6 is 0 Å². The summed E-state index contributed by atoms with van der Waals surface area (Å²) < 4.78 is 13.3. The largest absolute Gasteiger partial charge is 0.265 e. The van der Waals surface area contributed by atoms with Crippen LogP contribution < -0.4 is 0 Å². The monoisotopic (exact) mass is 212 g/mol. The number of hydrogen-bond acceptors (Lipinski definition) is 2. The van der Waals surface area contributed by atoms with E-state index in [1.54, 1.807) is 24.5 Å². The van der Waals surface area contributed by atoms with Crippen molar-refractivity contribution < 1.29 is 4.39 Å². The van der Waals surface area contributed by atoms with Crippen molar-refractivity contribution in [3.63, 3.8) is 0 Å². The van der Waals surface area contributed by atoms with Crippen molar-refractivity contribution in [3.8, 4) is 6.07 Å². The van der Waals surface area contributed by atoms with Crippen LogP contribution in [-0.4, -0.2) is 4.98 Å². The van der Waals surface area contributed by atoms with Gasteiger partial charge in [-0.1, -0.05) is 12.1 Å². The highest BCUT2D eigenvalue weighted by atomic mass is 19.1. The Morgan fingerprint density at radius 3 is 2.62 bits per heavy atom. The molecule has 0 radical (unpaired) electrons. The summed E-state index contributed by atoms with van der Waals surface area (Å²) in [6, 6.07) is 10.3. The molecule has 2 nitrogen and oxygen atoms in total. The van der Waals surface area contributed by atoms with Gasteiger partial charge < -0.3 is 0 Å². The van der Waals surface area contributed by atoms with Crippen LogP contribution in [0.1, 0.15) is 16.7 Å². The molecule has 0 N–H and O–H groups in total. The lowest BCUT2D eigenvalue weighted by molar-refractivity contribution is 0.622. The summed E-state index contributed by atoms with van der Waals surface area (Å²) in [7, 11) is 0. The number of hydrogen-bond donors (Lipinski definition) is 0. The van der Waals surface area contributed by atoms with E-state index in [4.69, 9.17) is 5.26 Å². The highest BCUT2D eigenvalue weighted by Crippen LogP contribution is 2.16. The van der Waals surface area contributed by atoms with Gasteiger partial charge in [0.15, 0.2) is 0 Å². The van der Waals surface area contributed by atoms with Crippen molar-refractivity contribution in [3.05, 3.63) is 65.2 Å². The first kappa shape index (κ1) is 10.3. The van der Waals surface area contributed by atoms with Gasteiger partial charge in [0.1, 0.15) is 11.9 Å². The molecule has 0 amide bonds.